The Bertz CT molecular complexity index is 1220. The van der Waals surface area contributed by atoms with E-state index in [-0.39, 0.29) is 0 Å². The van der Waals surface area contributed by atoms with Crippen LogP contribution in [0.5, 0.6) is 11.6 Å². The number of alkyl halides is 3. The number of aromatic nitrogens is 1. The van der Waals surface area contributed by atoms with Crippen LogP contribution in [0.25, 0.3) is 0 Å². The lowest BCUT2D eigenvalue weighted by atomic mass is 10.0. The number of aromatic hydroxyl groups is 2. The average molecular weight is 499 g/mol. The molecule has 0 saturated heterocycles. The summed E-state index contributed by atoms with van der Waals surface area (Å²) in [6.07, 6.45) is -4.43. The average Bonchev–Trinajstić information content (AvgIpc) is 2.74. The smallest absolute Gasteiger partial charge is 0.416 e. The number of carbonyl (C=O) groups is 3. The van der Waals surface area contributed by atoms with E-state index in [9.17, 15) is 42.6 Å². The molecule has 190 valence electrons. The van der Waals surface area contributed by atoms with Crippen molar-refractivity contribution in [3.05, 3.63) is 56.9 Å². The molecule has 5 N–H and O–H groups in total. The molecule has 10 nitrogen and oxygen atoms in total. The molecule has 35 heavy (non-hydrogen) atoms. The number of benzene rings is 1. The van der Waals surface area contributed by atoms with Crippen LogP contribution in [0, 0.1) is 0 Å². The first-order chi connectivity index (χ1) is 16.1. The zero-order valence-corrected chi connectivity index (χ0v) is 19.0. The number of carboxylic acids is 1. The molecule has 0 spiro atoms. The second kappa shape index (κ2) is 10.1. The van der Waals surface area contributed by atoms with Crippen molar-refractivity contribution in [1.82, 2.24) is 15.2 Å². The van der Waals surface area contributed by atoms with Gasteiger partial charge in [0.2, 0.25) is 5.88 Å². The minimum absolute atomic E-state index is 0.327. The SMILES string of the molecule is CCC(C)(C)NC(=O)c1c(O)c(C(=O)NCC(=O)O)c(O)n(Cc2ccccc2C(F)(F)F)c1=O. The Morgan fingerprint density at radius 1 is 1.03 bits per heavy atom. The molecule has 0 fully saturated rings. The fraction of sp³-hybridized carbons (Fsp3) is 0.364. The predicted molar refractivity (Wildman–Crippen MR) is 116 cm³/mol. The maximum atomic E-state index is 13.5. The van der Waals surface area contributed by atoms with Crippen LogP contribution in [-0.2, 0) is 17.5 Å². The molecule has 0 radical (unpaired) electrons. The van der Waals surface area contributed by atoms with Gasteiger partial charge in [-0.05, 0) is 31.9 Å². The molecule has 0 bridgehead atoms. The third kappa shape index (κ3) is 6.11. The van der Waals surface area contributed by atoms with Crippen LogP contribution in [0.2, 0.25) is 0 Å². The van der Waals surface area contributed by atoms with Crippen LogP contribution in [0.1, 0.15) is 59.0 Å². The quantitative estimate of drug-likeness (QED) is 0.372. The minimum atomic E-state index is -4.82. The summed E-state index contributed by atoms with van der Waals surface area (Å²) < 4.78 is 40.7. The largest absolute Gasteiger partial charge is 0.506 e. The number of pyridine rings is 1. The van der Waals surface area contributed by atoms with Gasteiger partial charge in [-0.25, -0.2) is 0 Å². The number of hydrogen-bond donors (Lipinski definition) is 5. The van der Waals surface area contributed by atoms with Crippen molar-refractivity contribution < 1.29 is 42.9 Å². The molecule has 0 aliphatic carbocycles. The number of amides is 2. The van der Waals surface area contributed by atoms with E-state index >= 15 is 0 Å². The highest BCUT2D eigenvalue weighted by molar-refractivity contribution is 6.05. The predicted octanol–water partition coefficient (Wildman–Crippen LogP) is 2.06. The monoisotopic (exact) mass is 499 g/mol. The van der Waals surface area contributed by atoms with Gasteiger partial charge in [-0.3, -0.25) is 23.7 Å². The molecule has 2 rings (SSSR count). The summed E-state index contributed by atoms with van der Waals surface area (Å²) in [4.78, 5) is 49.3. The van der Waals surface area contributed by atoms with E-state index in [1.807, 2.05) is 5.32 Å². The standard InChI is InChI=1S/C22H24F3N3O7/c1-4-21(2,3)27-18(33)15-16(31)14(17(32)26-9-13(29)30)19(34)28(20(15)35)10-11-7-5-6-8-12(11)22(23,24)25/h5-8,31,34H,4,9-10H2,1-3H3,(H,26,32)(H,27,33)(H,29,30). The third-order valence-electron chi connectivity index (χ3n) is 5.25. The molecule has 0 atom stereocenters. The third-order valence-corrected chi connectivity index (χ3v) is 5.25. The maximum absolute atomic E-state index is 13.5. The summed E-state index contributed by atoms with van der Waals surface area (Å²) in [6.45, 7) is 3.05. The number of rotatable bonds is 8. The van der Waals surface area contributed by atoms with Crippen molar-refractivity contribution in [2.75, 3.05) is 6.54 Å². The lowest BCUT2D eigenvalue weighted by molar-refractivity contribution is -0.138. The molecule has 0 saturated carbocycles. The zero-order chi connectivity index (χ0) is 26.7. The topological polar surface area (TPSA) is 158 Å². The van der Waals surface area contributed by atoms with Crippen LogP contribution >= 0.6 is 0 Å². The number of nitrogens with zero attached hydrogens (tertiary/aromatic N) is 1. The summed E-state index contributed by atoms with van der Waals surface area (Å²) in [5.41, 5.74) is -5.90. The molecule has 2 aromatic rings. The summed E-state index contributed by atoms with van der Waals surface area (Å²) in [5, 5.41) is 34.3. The molecular weight excluding hydrogens is 475 g/mol. The van der Waals surface area contributed by atoms with Crippen LogP contribution < -0.4 is 16.2 Å². The molecular formula is C22H24F3N3O7. The number of carboxylic acid groups (broad SMARTS) is 1. The van der Waals surface area contributed by atoms with Gasteiger partial charge in [0, 0.05) is 5.54 Å². The van der Waals surface area contributed by atoms with E-state index in [0.717, 1.165) is 18.2 Å². The lowest BCUT2D eigenvalue weighted by Gasteiger charge is -2.25. The second-order valence-electron chi connectivity index (χ2n) is 8.24. The normalized spacial score (nSPS) is 11.7. The number of nitrogens with one attached hydrogen (secondary N) is 2. The van der Waals surface area contributed by atoms with Gasteiger partial charge in [0.05, 0.1) is 12.1 Å². The van der Waals surface area contributed by atoms with Crippen LogP contribution in [-0.4, -0.2) is 49.8 Å². The van der Waals surface area contributed by atoms with Gasteiger partial charge in [-0.2, -0.15) is 13.2 Å². The highest BCUT2D eigenvalue weighted by Crippen LogP contribution is 2.34. The number of aliphatic carboxylic acids is 1. The van der Waals surface area contributed by atoms with Gasteiger partial charge in [-0.15, -0.1) is 0 Å². The van der Waals surface area contributed by atoms with E-state index in [4.69, 9.17) is 5.11 Å². The summed E-state index contributed by atoms with van der Waals surface area (Å²) >= 11 is 0. The van der Waals surface area contributed by atoms with Gasteiger partial charge in [-0.1, -0.05) is 25.1 Å². The van der Waals surface area contributed by atoms with Crippen LogP contribution in [0.15, 0.2) is 29.1 Å². The van der Waals surface area contributed by atoms with E-state index in [1.165, 1.54) is 6.07 Å². The number of carbonyl (C=O) groups excluding carboxylic acids is 2. The first-order valence-electron chi connectivity index (χ1n) is 10.3. The highest BCUT2D eigenvalue weighted by atomic mass is 19.4. The molecule has 2 amide bonds. The van der Waals surface area contributed by atoms with Gasteiger partial charge in [0.25, 0.3) is 17.4 Å². The second-order valence-corrected chi connectivity index (χ2v) is 8.24. The summed E-state index contributed by atoms with van der Waals surface area (Å²) in [6, 6.07) is 4.15. The fourth-order valence-electron chi connectivity index (χ4n) is 3.07. The van der Waals surface area contributed by atoms with E-state index in [1.54, 1.807) is 20.8 Å². The van der Waals surface area contributed by atoms with Crippen molar-refractivity contribution >= 4 is 17.8 Å². The minimum Gasteiger partial charge on any atom is -0.506 e. The van der Waals surface area contributed by atoms with Crippen LogP contribution in [0.4, 0.5) is 13.2 Å². The number of hydrogen-bond acceptors (Lipinski definition) is 6. The Labute approximate surface area is 197 Å². The first-order valence-corrected chi connectivity index (χ1v) is 10.3. The van der Waals surface area contributed by atoms with Crippen molar-refractivity contribution in [2.24, 2.45) is 0 Å². The van der Waals surface area contributed by atoms with E-state index in [0.29, 0.717) is 11.0 Å². The molecule has 0 aliphatic rings. The molecule has 13 heteroatoms. The zero-order valence-electron chi connectivity index (χ0n) is 19.0. The first kappa shape index (κ1) is 27.2. The molecule has 1 heterocycles. The molecule has 0 unspecified atom stereocenters. The Morgan fingerprint density at radius 2 is 1.63 bits per heavy atom. The highest BCUT2D eigenvalue weighted by Gasteiger charge is 2.35. The lowest BCUT2D eigenvalue weighted by Crippen LogP contribution is -2.45. The van der Waals surface area contributed by atoms with Gasteiger partial charge in [0.1, 0.15) is 17.7 Å². The van der Waals surface area contributed by atoms with Crippen LogP contribution in [0.3, 0.4) is 0 Å². The Morgan fingerprint density at radius 3 is 2.17 bits per heavy atom. The van der Waals surface area contributed by atoms with Gasteiger partial charge < -0.3 is 26.0 Å². The molecule has 1 aromatic carbocycles. The van der Waals surface area contributed by atoms with Crippen molar-refractivity contribution in [1.29, 1.82) is 0 Å². The number of halogens is 3. The molecule has 0 aliphatic heterocycles. The molecule has 1 aromatic heterocycles. The summed E-state index contributed by atoms with van der Waals surface area (Å²) in [5.74, 6) is -6.50. The van der Waals surface area contributed by atoms with Crippen molar-refractivity contribution in [3.8, 4) is 11.6 Å². The van der Waals surface area contributed by atoms with Gasteiger partial charge >= 0.3 is 12.1 Å². The van der Waals surface area contributed by atoms with E-state index < -0.39 is 82.0 Å². The Kier molecular flexibility index (Phi) is 7.83. The Hall–Kier alpha value is -4.03. The maximum Gasteiger partial charge on any atom is 0.416 e. The van der Waals surface area contributed by atoms with E-state index in [2.05, 4.69) is 5.32 Å². The Balaban J connectivity index is 2.78. The summed E-state index contributed by atoms with van der Waals surface area (Å²) in [7, 11) is 0. The van der Waals surface area contributed by atoms with Gasteiger partial charge in [0.15, 0.2) is 5.75 Å². The fourth-order valence-corrected chi connectivity index (χ4v) is 3.07. The van der Waals surface area contributed by atoms with Crippen molar-refractivity contribution in [2.45, 2.75) is 45.5 Å². The van der Waals surface area contributed by atoms with Crippen molar-refractivity contribution in [3.63, 3.8) is 0 Å².